The fourth-order valence-electron chi connectivity index (χ4n) is 4.52. The molecular weight excluding hydrogens is 533 g/mol. The maximum absolute atomic E-state index is 13.5. The van der Waals surface area contributed by atoms with Crippen molar-refractivity contribution in [3.05, 3.63) is 132 Å². The Labute approximate surface area is 244 Å². The van der Waals surface area contributed by atoms with Crippen molar-refractivity contribution in [2.45, 2.75) is 19.4 Å². The molecule has 0 aliphatic heterocycles. The molecule has 1 amide bonds. The van der Waals surface area contributed by atoms with E-state index in [1.807, 2.05) is 66.7 Å². The van der Waals surface area contributed by atoms with Gasteiger partial charge in [0.2, 0.25) is 5.91 Å². The lowest BCUT2D eigenvalue weighted by atomic mass is 9.88. The smallest absolute Gasteiger partial charge is 0.229 e. The Morgan fingerprint density at radius 2 is 1.40 bits per heavy atom. The molecule has 1 aliphatic carbocycles. The van der Waals surface area contributed by atoms with Gasteiger partial charge in [-0.15, -0.1) is 0 Å². The molecule has 5 rings (SSSR count). The number of benzene rings is 4. The zero-order valence-corrected chi connectivity index (χ0v) is 23.1. The normalized spacial score (nSPS) is 13.4. The second-order valence-corrected chi connectivity index (χ2v) is 10.1. The number of amides is 1. The Hall–Kier alpha value is -4.75. The maximum atomic E-state index is 13.5. The number of Topliss-reactive ketones (excluding diaryl/α,β-unsaturated/α-hetero) is 1. The standard InChI is InChI=1S/C35H32FNO5/c36-28-13-17-30(18-14-28)41-24-34(38)33(26-11-12-26)21-27(23-40-22-25-7-3-1-4-8-25)35(39)37-29-15-19-32(20-16-29)42-31-9-5-2-6-10-31/h1-11,13-20,27,33H,12,21-24H2,(H,37,39). The number of carbonyl (C=O) groups is 2. The van der Waals surface area contributed by atoms with Gasteiger partial charge in [0.05, 0.1) is 19.1 Å². The summed E-state index contributed by atoms with van der Waals surface area (Å²) >= 11 is 0. The first-order valence-electron chi connectivity index (χ1n) is 13.9. The van der Waals surface area contributed by atoms with Crippen molar-refractivity contribution in [1.82, 2.24) is 0 Å². The number of ether oxygens (including phenoxy) is 3. The first-order chi connectivity index (χ1) is 20.5. The highest BCUT2D eigenvalue weighted by Gasteiger charge is 2.33. The predicted molar refractivity (Wildman–Crippen MR) is 159 cm³/mol. The fourth-order valence-corrected chi connectivity index (χ4v) is 4.52. The van der Waals surface area contributed by atoms with Crippen molar-refractivity contribution in [2.75, 3.05) is 18.5 Å². The third-order valence-corrected chi connectivity index (χ3v) is 6.89. The van der Waals surface area contributed by atoms with Crippen molar-refractivity contribution in [1.29, 1.82) is 0 Å². The van der Waals surface area contributed by atoms with Gasteiger partial charge < -0.3 is 19.5 Å². The number of anilines is 1. The molecule has 0 fully saturated rings. The van der Waals surface area contributed by atoms with Crippen LogP contribution in [-0.4, -0.2) is 24.9 Å². The Balaban J connectivity index is 1.24. The van der Waals surface area contributed by atoms with Crippen LogP contribution in [0.5, 0.6) is 17.2 Å². The molecule has 0 radical (unpaired) electrons. The van der Waals surface area contributed by atoms with Crippen LogP contribution in [0.15, 0.2) is 121 Å². The van der Waals surface area contributed by atoms with Crippen LogP contribution in [0, 0.1) is 17.7 Å². The van der Waals surface area contributed by atoms with Crippen LogP contribution in [0.1, 0.15) is 18.4 Å². The van der Waals surface area contributed by atoms with Crippen molar-refractivity contribution in [2.24, 2.45) is 11.8 Å². The van der Waals surface area contributed by atoms with Crippen molar-refractivity contribution >= 4 is 17.4 Å². The van der Waals surface area contributed by atoms with Crippen LogP contribution in [-0.2, 0) is 20.9 Å². The van der Waals surface area contributed by atoms with Gasteiger partial charge in [-0.1, -0.05) is 60.2 Å². The van der Waals surface area contributed by atoms with Gasteiger partial charge >= 0.3 is 0 Å². The van der Waals surface area contributed by atoms with Gasteiger partial charge in [-0.05, 0) is 79.1 Å². The molecule has 2 atom stereocenters. The number of para-hydroxylation sites is 1. The van der Waals surface area contributed by atoms with Gasteiger partial charge in [0, 0.05) is 11.6 Å². The van der Waals surface area contributed by atoms with Crippen LogP contribution in [0.2, 0.25) is 0 Å². The molecule has 4 aromatic carbocycles. The Kier molecular flexibility index (Phi) is 9.75. The van der Waals surface area contributed by atoms with Crippen molar-refractivity contribution < 1.29 is 28.2 Å². The molecular formula is C35H32FNO5. The molecule has 1 aliphatic rings. The average Bonchev–Trinajstić information content (AvgIpc) is 3.86. The molecule has 4 aromatic rings. The van der Waals surface area contributed by atoms with E-state index in [-0.39, 0.29) is 37.1 Å². The van der Waals surface area contributed by atoms with Gasteiger partial charge in [0.15, 0.2) is 5.78 Å². The molecule has 7 heteroatoms. The quantitative estimate of drug-likeness (QED) is 0.152. The predicted octanol–water partition coefficient (Wildman–Crippen LogP) is 7.37. The van der Waals surface area contributed by atoms with Crippen LogP contribution in [0.3, 0.4) is 0 Å². The van der Waals surface area contributed by atoms with E-state index in [0.717, 1.165) is 23.3 Å². The van der Waals surface area contributed by atoms with E-state index in [9.17, 15) is 14.0 Å². The second-order valence-electron chi connectivity index (χ2n) is 10.1. The monoisotopic (exact) mass is 565 g/mol. The number of hydrogen-bond acceptors (Lipinski definition) is 5. The van der Waals surface area contributed by atoms with E-state index >= 15 is 0 Å². The zero-order valence-electron chi connectivity index (χ0n) is 23.1. The third kappa shape index (κ3) is 8.62. The summed E-state index contributed by atoms with van der Waals surface area (Å²) in [5.41, 5.74) is 2.60. The summed E-state index contributed by atoms with van der Waals surface area (Å²) in [6, 6.07) is 31.8. The lowest BCUT2D eigenvalue weighted by Gasteiger charge is -2.22. The molecule has 2 unspecified atom stereocenters. The molecule has 0 heterocycles. The minimum absolute atomic E-state index is 0.133. The summed E-state index contributed by atoms with van der Waals surface area (Å²) in [6.45, 7) is 0.326. The molecule has 0 bridgehead atoms. The summed E-state index contributed by atoms with van der Waals surface area (Å²) in [6.07, 6.45) is 3.01. The number of halogens is 1. The lowest BCUT2D eigenvalue weighted by molar-refractivity contribution is -0.126. The molecule has 214 valence electrons. The lowest BCUT2D eigenvalue weighted by Crippen LogP contribution is -2.32. The highest BCUT2D eigenvalue weighted by atomic mass is 19.1. The Morgan fingerprint density at radius 3 is 2.07 bits per heavy atom. The molecule has 0 saturated heterocycles. The summed E-state index contributed by atoms with van der Waals surface area (Å²) in [5, 5.41) is 2.98. The number of rotatable bonds is 15. The van der Waals surface area contributed by atoms with Crippen LogP contribution in [0.25, 0.3) is 0 Å². The zero-order chi connectivity index (χ0) is 29.1. The molecule has 0 spiro atoms. The van der Waals surface area contributed by atoms with Crippen LogP contribution >= 0.6 is 0 Å². The van der Waals surface area contributed by atoms with Gasteiger partial charge in [-0.2, -0.15) is 0 Å². The van der Waals surface area contributed by atoms with E-state index in [0.29, 0.717) is 23.8 Å². The molecule has 42 heavy (non-hydrogen) atoms. The Bertz CT molecular complexity index is 1490. The average molecular weight is 566 g/mol. The number of ketones is 1. The molecule has 0 aromatic heterocycles. The van der Waals surface area contributed by atoms with Crippen molar-refractivity contribution in [3.63, 3.8) is 0 Å². The van der Waals surface area contributed by atoms with Gasteiger partial charge in [0.1, 0.15) is 29.7 Å². The van der Waals surface area contributed by atoms with Crippen LogP contribution in [0.4, 0.5) is 10.1 Å². The molecule has 0 saturated carbocycles. The summed E-state index contributed by atoms with van der Waals surface area (Å²) in [7, 11) is 0. The summed E-state index contributed by atoms with van der Waals surface area (Å²) in [4.78, 5) is 26.8. The van der Waals surface area contributed by atoms with Gasteiger partial charge in [-0.25, -0.2) is 4.39 Å². The fraction of sp³-hybridized carbons (Fsp3) is 0.200. The SMILES string of the molecule is O=C(Nc1ccc(Oc2ccccc2)cc1)C(COCc1ccccc1)CC(C(=O)COc1ccc(F)cc1)C1=CC1. The molecule has 1 N–H and O–H groups in total. The first kappa shape index (κ1) is 28.8. The van der Waals surface area contributed by atoms with Gasteiger partial charge in [-0.3, -0.25) is 9.59 Å². The van der Waals surface area contributed by atoms with Gasteiger partial charge in [0.25, 0.3) is 0 Å². The highest BCUT2D eigenvalue weighted by Crippen LogP contribution is 2.34. The van der Waals surface area contributed by atoms with E-state index in [1.165, 1.54) is 24.3 Å². The topological polar surface area (TPSA) is 73.9 Å². The number of nitrogens with one attached hydrogen (secondary N) is 1. The summed E-state index contributed by atoms with van der Waals surface area (Å²) < 4.78 is 30.7. The van der Waals surface area contributed by atoms with Crippen LogP contribution < -0.4 is 14.8 Å². The third-order valence-electron chi connectivity index (χ3n) is 6.89. The molecule has 6 nitrogen and oxygen atoms in total. The maximum Gasteiger partial charge on any atom is 0.229 e. The first-order valence-corrected chi connectivity index (χ1v) is 13.9. The second kappa shape index (κ2) is 14.2. The number of carbonyl (C=O) groups excluding carboxylic acids is 2. The van der Waals surface area contributed by atoms with E-state index in [1.54, 1.807) is 24.3 Å². The van der Waals surface area contributed by atoms with Crippen molar-refractivity contribution in [3.8, 4) is 17.2 Å². The van der Waals surface area contributed by atoms with E-state index < -0.39 is 11.8 Å². The Morgan fingerprint density at radius 1 is 0.786 bits per heavy atom. The highest BCUT2D eigenvalue weighted by molar-refractivity contribution is 5.94. The minimum atomic E-state index is -0.588. The van der Waals surface area contributed by atoms with E-state index in [4.69, 9.17) is 14.2 Å². The summed E-state index contributed by atoms with van der Waals surface area (Å²) in [5.74, 6) is -0.0262. The largest absolute Gasteiger partial charge is 0.486 e. The minimum Gasteiger partial charge on any atom is -0.486 e. The number of hydrogen-bond donors (Lipinski definition) is 1. The van der Waals surface area contributed by atoms with E-state index in [2.05, 4.69) is 5.32 Å². The number of allylic oxidation sites excluding steroid dienone is 2.